The Kier molecular flexibility index (Phi) is 6.58. The van der Waals surface area contributed by atoms with E-state index in [0.29, 0.717) is 13.1 Å². The Balaban J connectivity index is 1.70. The molecule has 1 aliphatic carbocycles. The maximum Gasteiger partial charge on any atom is 0.235 e. The standard InChI is InChI=1S/C17H29N5O2/c1-14(2)19-15(23)11-21-7-9-22(10-8-21)12-16(24)20-17(13-18)5-3-4-6-17/h14H,3-12H2,1-2H3,(H,19,23)(H,20,24). The Labute approximate surface area is 144 Å². The highest BCUT2D eigenvalue weighted by molar-refractivity contribution is 5.79. The second-order valence-electron chi connectivity index (χ2n) is 7.22. The molecule has 134 valence electrons. The summed E-state index contributed by atoms with van der Waals surface area (Å²) in [5.41, 5.74) is -0.645. The molecule has 2 aliphatic rings. The average molecular weight is 335 g/mol. The van der Waals surface area contributed by atoms with E-state index in [9.17, 15) is 14.9 Å². The maximum absolute atomic E-state index is 12.2. The van der Waals surface area contributed by atoms with E-state index in [1.807, 2.05) is 13.8 Å². The van der Waals surface area contributed by atoms with E-state index in [0.717, 1.165) is 51.9 Å². The molecule has 1 saturated carbocycles. The molecule has 1 saturated heterocycles. The molecule has 0 bridgehead atoms. The van der Waals surface area contributed by atoms with Gasteiger partial charge in [0, 0.05) is 32.2 Å². The summed E-state index contributed by atoms with van der Waals surface area (Å²) in [4.78, 5) is 28.2. The van der Waals surface area contributed by atoms with Crippen molar-refractivity contribution in [1.29, 1.82) is 5.26 Å². The molecule has 24 heavy (non-hydrogen) atoms. The minimum atomic E-state index is -0.645. The molecule has 2 N–H and O–H groups in total. The van der Waals surface area contributed by atoms with Gasteiger partial charge >= 0.3 is 0 Å². The van der Waals surface area contributed by atoms with Crippen LogP contribution in [0.5, 0.6) is 0 Å². The molecular formula is C17H29N5O2. The number of piperazine rings is 1. The zero-order valence-electron chi connectivity index (χ0n) is 14.8. The van der Waals surface area contributed by atoms with E-state index in [2.05, 4.69) is 26.5 Å². The van der Waals surface area contributed by atoms with Gasteiger partial charge in [0.2, 0.25) is 11.8 Å². The van der Waals surface area contributed by atoms with E-state index in [1.165, 1.54) is 0 Å². The minimum absolute atomic E-state index is 0.0494. The fourth-order valence-electron chi connectivity index (χ4n) is 3.43. The van der Waals surface area contributed by atoms with E-state index in [1.54, 1.807) is 0 Å². The van der Waals surface area contributed by atoms with Crippen molar-refractivity contribution in [3.05, 3.63) is 0 Å². The second-order valence-corrected chi connectivity index (χ2v) is 7.22. The molecule has 2 fully saturated rings. The van der Waals surface area contributed by atoms with E-state index in [4.69, 9.17) is 0 Å². The summed E-state index contributed by atoms with van der Waals surface area (Å²) < 4.78 is 0. The van der Waals surface area contributed by atoms with Crippen LogP contribution in [0, 0.1) is 11.3 Å². The number of hydrogen-bond acceptors (Lipinski definition) is 5. The topological polar surface area (TPSA) is 88.5 Å². The molecule has 7 heteroatoms. The summed E-state index contributed by atoms with van der Waals surface area (Å²) in [5.74, 6) is -0.0159. The predicted octanol–water partition coefficient (Wildman–Crippen LogP) is 0.0812. The second kappa shape index (κ2) is 8.45. The van der Waals surface area contributed by atoms with Crippen molar-refractivity contribution < 1.29 is 9.59 Å². The Bertz CT molecular complexity index is 486. The van der Waals surface area contributed by atoms with Gasteiger partial charge in [0.1, 0.15) is 5.54 Å². The van der Waals surface area contributed by atoms with Gasteiger partial charge in [-0.05, 0) is 39.5 Å². The monoisotopic (exact) mass is 335 g/mol. The van der Waals surface area contributed by atoms with Crippen molar-refractivity contribution in [2.24, 2.45) is 0 Å². The quantitative estimate of drug-likeness (QED) is 0.718. The van der Waals surface area contributed by atoms with Crippen LogP contribution in [0.2, 0.25) is 0 Å². The molecule has 7 nitrogen and oxygen atoms in total. The molecule has 1 heterocycles. The van der Waals surface area contributed by atoms with Crippen LogP contribution in [0.4, 0.5) is 0 Å². The van der Waals surface area contributed by atoms with Crippen LogP contribution >= 0.6 is 0 Å². The third kappa shape index (κ3) is 5.46. The van der Waals surface area contributed by atoms with Crippen molar-refractivity contribution in [2.45, 2.75) is 51.1 Å². The molecule has 2 amide bonds. The summed E-state index contributed by atoms with van der Waals surface area (Å²) >= 11 is 0. The van der Waals surface area contributed by atoms with E-state index in [-0.39, 0.29) is 17.9 Å². The van der Waals surface area contributed by atoms with Gasteiger partial charge in [0.25, 0.3) is 0 Å². The van der Waals surface area contributed by atoms with Gasteiger partial charge in [-0.2, -0.15) is 5.26 Å². The first-order valence-corrected chi connectivity index (χ1v) is 8.89. The maximum atomic E-state index is 12.2. The van der Waals surface area contributed by atoms with Crippen LogP contribution < -0.4 is 10.6 Å². The Morgan fingerprint density at radius 3 is 2.00 bits per heavy atom. The summed E-state index contributed by atoms with van der Waals surface area (Å²) in [6, 6.07) is 2.44. The lowest BCUT2D eigenvalue weighted by atomic mass is 10.00. The number of nitriles is 1. The van der Waals surface area contributed by atoms with Crippen LogP contribution in [0.15, 0.2) is 0 Å². The molecular weight excluding hydrogens is 306 g/mol. The Morgan fingerprint density at radius 1 is 1.04 bits per heavy atom. The number of nitrogens with one attached hydrogen (secondary N) is 2. The number of carbonyl (C=O) groups excluding carboxylic acids is 2. The van der Waals surface area contributed by atoms with Crippen LogP contribution in [-0.2, 0) is 9.59 Å². The summed E-state index contributed by atoms with van der Waals surface area (Å²) in [5, 5.41) is 15.2. The predicted molar refractivity (Wildman–Crippen MR) is 91.1 cm³/mol. The van der Waals surface area contributed by atoms with E-state index < -0.39 is 5.54 Å². The zero-order valence-corrected chi connectivity index (χ0v) is 14.8. The number of nitrogens with zero attached hydrogens (tertiary/aromatic N) is 3. The molecule has 0 unspecified atom stereocenters. The number of hydrogen-bond donors (Lipinski definition) is 2. The molecule has 0 aromatic heterocycles. The van der Waals surface area contributed by atoms with Gasteiger partial charge in [0.05, 0.1) is 19.2 Å². The molecule has 0 aromatic carbocycles. The van der Waals surface area contributed by atoms with Crippen molar-refractivity contribution >= 4 is 11.8 Å². The zero-order chi connectivity index (χ0) is 17.6. The third-order valence-corrected chi connectivity index (χ3v) is 4.70. The molecule has 1 aliphatic heterocycles. The molecule has 0 spiro atoms. The third-order valence-electron chi connectivity index (χ3n) is 4.70. The van der Waals surface area contributed by atoms with Gasteiger partial charge in [-0.1, -0.05) is 0 Å². The summed E-state index contributed by atoms with van der Waals surface area (Å²) in [6.45, 7) is 7.74. The summed E-state index contributed by atoms with van der Waals surface area (Å²) in [7, 11) is 0. The van der Waals surface area contributed by atoms with Crippen LogP contribution in [0.25, 0.3) is 0 Å². The smallest absolute Gasteiger partial charge is 0.235 e. The number of amides is 2. The van der Waals surface area contributed by atoms with Crippen LogP contribution in [0.1, 0.15) is 39.5 Å². The van der Waals surface area contributed by atoms with Crippen LogP contribution in [0.3, 0.4) is 0 Å². The first-order valence-electron chi connectivity index (χ1n) is 8.89. The molecule has 0 aromatic rings. The highest BCUT2D eigenvalue weighted by Crippen LogP contribution is 2.28. The average Bonchev–Trinajstić information content (AvgIpc) is 2.97. The van der Waals surface area contributed by atoms with Crippen molar-refractivity contribution in [1.82, 2.24) is 20.4 Å². The van der Waals surface area contributed by atoms with Gasteiger partial charge in [0.15, 0.2) is 0 Å². The lowest BCUT2D eigenvalue weighted by Gasteiger charge is -2.34. The van der Waals surface area contributed by atoms with Gasteiger partial charge in [-0.25, -0.2) is 0 Å². The van der Waals surface area contributed by atoms with Crippen molar-refractivity contribution in [2.75, 3.05) is 39.3 Å². The first-order chi connectivity index (χ1) is 11.4. The van der Waals surface area contributed by atoms with Gasteiger partial charge in [-0.15, -0.1) is 0 Å². The van der Waals surface area contributed by atoms with Gasteiger partial charge < -0.3 is 10.6 Å². The van der Waals surface area contributed by atoms with Crippen LogP contribution in [-0.4, -0.2) is 72.5 Å². The van der Waals surface area contributed by atoms with E-state index >= 15 is 0 Å². The lowest BCUT2D eigenvalue weighted by molar-refractivity contribution is -0.126. The largest absolute Gasteiger partial charge is 0.353 e. The number of carbonyl (C=O) groups is 2. The Hall–Kier alpha value is -1.65. The fourth-order valence-corrected chi connectivity index (χ4v) is 3.43. The van der Waals surface area contributed by atoms with Crippen molar-refractivity contribution in [3.8, 4) is 6.07 Å². The normalized spacial score (nSPS) is 21.4. The van der Waals surface area contributed by atoms with Crippen molar-refractivity contribution in [3.63, 3.8) is 0 Å². The number of rotatable bonds is 6. The minimum Gasteiger partial charge on any atom is -0.353 e. The summed E-state index contributed by atoms with van der Waals surface area (Å²) in [6.07, 6.45) is 3.53. The molecule has 2 rings (SSSR count). The Morgan fingerprint density at radius 2 is 1.54 bits per heavy atom. The lowest BCUT2D eigenvalue weighted by Crippen LogP contribution is -2.54. The molecule has 0 radical (unpaired) electrons. The SMILES string of the molecule is CC(C)NC(=O)CN1CCN(CC(=O)NC2(C#N)CCCC2)CC1. The van der Waals surface area contributed by atoms with Gasteiger partial charge in [-0.3, -0.25) is 19.4 Å². The first kappa shape index (κ1) is 18.7. The molecule has 0 atom stereocenters. The fraction of sp³-hybridized carbons (Fsp3) is 0.824. The highest BCUT2D eigenvalue weighted by Gasteiger charge is 2.35. The highest BCUT2D eigenvalue weighted by atomic mass is 16.2.